The van der Waals surface area contributed by atoms with Crippen LogP contribution in [0.15, 0.2) is 43.0 Å². The molecule has 1 atom stereocenters. The highest BCUT2D eigenvalue weighted by molar-refractivity contribution is 5.34. The van der Waals surface area contributed by atoms with Crippen LogP contribution in [-0.2, 0) is 6.54 Å². The summed E-state index contributed by atoms with van der Waals surface area (Å²) in [6.45, 7) is 1.85. The Labute approximate surface area is 138 Å². The molecule has 130 valence electrons. The van der Waals surface area contributed by atoms with Gasteiger partial charge in [-0.25, -0.2) is 4.98 Å². The maximum atomic E-state index is 12.6. The lowest BCUT2D eigenvalue weighted by atomic mass is 9.90. The summed E-state index contributed by atoms with van der Waals surface area (Å²) in [4.78, 5) is 6.14. The van der Waals surface area contributed by atoms with E-state index in [-0.39, 0.29) is 0 Å². The predicted octanol–water partition coefficient (Wildman–Crippen LogP) is 3.01. The van der Waals surface area contributed by atoms with Crippen LogP contribution in [0.1, 0.15) is 18.4 Å². The van der Waals surface area contributed by atoms with Crippen LogP contribution in [0.2, 0.25) is 0 Å². The molecule has 1 N–H and O–H groups in total. The van der Waals surface area contributed by atoms with Gasteiger partial charge in [0.2, 0.25) is 0 Å². The highest BCUT2D eigenvalue weighted by Gasteiger charge is 2.44. The Kier molecular flexibility index (Phi) is 4.91. The van der Waals surface area contributed by atoms with Crippen molar-refractivity contribution < 1.29 is 18.3 Å². The molecular weight excluding hydrogens is 319 g/mol. The van der Waals surface area contributed by atoms with E-state index in [1.165, 1.54) is 0 Å². The van der Waals surface area contributed by atoms with Gasteiger partial charge in [0, 0.05) is 24.6 Å². The van der Waals surface area contributed by atoms with Crippen molar-refractivity contribution in [2.75, 3.05) is 13.1 Å². The summed E-state index contributed by atoms with van der Waals surface area (Å²) in [5, 5.41) is 9.36. The van der Waals surface area contributed by atoms with Crippen molar-refractivity contribution in [1.82, 2.24) is 14.5 Å². The van der Waals surface area contributed by atoms with Crippen molar-refractivity contribution in [1.29, 1.82) is 0 Å². The maximum Gasteiger partial charge on any atom is 0.414 e. The number of benzene rings is 1. The van der Waals surface area contributed by atoms with Crippen LogP contribution in [0.4, 0.5) is 13.2 Å². The summed E-state index contributed by atoms with van der Waals surface area (Å²) in [5.41, 5.74) is 2.14. The fourth-order valence-electron chi connectivity index (χ4n) is 3.14. The average Bonchev–Trinajstić information content (AvgIpc) is 3.09. The Balaban J connectivity index is 1.53. The molecule has 1 aromatic heterocycles. The number of hydrogen-bond acceptors (Lipinski definition) is 3. The number of hydrogen-bond donors (Lipinski definition) is 1. The predicted molar refractivity (Wildman–Crippen MR) is 83.6 cm³/mol. The van der Waals surface area contributed by atoms with Gasteiger partial charge in [-0.2, -0.15) is 13.2 Å². The second-order valence-corrected chi connectivity index (χ2v) is 6.24. The van der Waals surface area contributed by atoms with E-state index in [1.807, 2.05) is 35.0 Å². The number of nitrogens with zero attached hydrogens (tertiary/aromatic N) is 3. The zero-order valence-corrected chi connectivity index (χ0v) is 13.2. The molecule has 24 heavy (non-hydrogen) atoms. The number of alkyl halides is 3. The van der Waals surface area contributed by atoms with E-state index in [0.717, 1.165) is 11.3 Å². The quantitative estimate of drug-likeness (QED) is 0.931. The fourth-order valence-corrected chi connectivity index (χ4v) is 3.14. The minimum absolute atomic E-state index is 0.369. The molecule has 3 rings (SSSR count). The first kappa shape index (κ1) is 17.0. The molecule has 0 saturated carbocycles. The monoisotopic (exact) mass is 339 g/mol. The SMILES string of the molecule is OC(C1CCN(Cc2ccc(-n3ccnc3)cc2)CC1)C(F)(F)F. The normalized spacial score (nSPS) is 18.7. The Morgan fingerprint density at radius 1 is 1.17 bits per heavy atom. The van der Waals surface area contributed by atoms with Crippen LogP contribution in [0.3, 0.4) is 0 Å². The average molecular weight is 339 g/mol. The van der Waals surface area contributed by atoms with Gasteiger partial charge in [-0.3, -0.25) is 4.90 Å². The molecule has 7 heteroatoms. The molecule has 1 fully saturated rings. The summed E-state index contributed by atoms with van der Waals surface area (Å²) in [7, 11) is 0. The second kappa shape index (κ2) is 6.94. The molecule has 1 aromatic carbocycles. The van der Waals surface area contributed by atoms with Crippen molar-refractivity contribution in [2.45, 2.75) is 31.7 Å². The minimum atomic E-state index is -4.52. The molecule has 2 heterocycles. The first-order chi connectivity index (χ1) is 11.4. The summed E-state index contributed by atoms with van der Waals surface area (Å²) in [5.74, 6) is -0.690. The van der Waals surface area contributed by atoms with E-state index in [0.29, 0.717) is 32.5 Å². The van der Waals surface area contributed by atoms with Crippen LogP contribution in [-0.4, -0.2) is 44.9 Å². The van der Waals surface area contributed by atoms with E-state index in [9.17, 15) is 18.3 Å². The van der Waals surface area contributed by atoms with Gasteiger partial charge in [0.15, 0.2) is 6.10 Å². The summed E-state index contributed by atoms with van der Waals surface area (Å²) in [6, 6.07) is 8.03. The van der Waals surface area contributed by atoms with Gasteiger partial charge in [-0.1, -0.05) is 12.1 Å². The number of halogens is 3. The number of likely N-dealkylation sites (tertiary alicyclic amines) is 1. The molecular formula is C17H20F3N3O. The Bertz CT molecular complexity index is 632. The van der Waals surface area contributed by atoms with E-state index >= 15 is 0 Å². The lowest BCUT2D eigenvalue weighted by Gasteiger charge is -2.34. The zero-order chi connectivity index (χ0) is 17.2. The Morgan fingerprint density at radius 3 is 2.38 bits per heavy atom. The van der Waals surface area contributed by atoms with Crippen LogP contribution in [0.5, 0.6) is 0 Å². The highest BCUT2D eigenvalue weighted by atomic mass is 19.4. The molecule has 0 amide bonds. The molecule has 0 radical (unpaired) electrons. The van der Waals surface area contributed by atoms with Crippen molar-refractivity contribution in [3.63, 3.8) is 0 Å². The largest absolute Gasteiger partial charge is 0.414 e. The Hall–Kier alpha value is -1.86. The van der Waals surface area contributed by atoms with Crippen molar-refractivity contribution >= 4 is 0 Å². The number of aromatic nitrogens is 2. The first-order valence-corrected chi connectivity index (χ1v) is 7.98. The maximum absolute atomic E-state index is 12.6. The third-order valence-corrected chi connectivity index (χ3v) is 4.56. The van der Waals surface area contributed by atoms with Gasteiger partial charge in [0.1, 0.15) is 0 Å². The summed E-state index contributed by atoms with van der Waals surface area (Å²) in [6.07, 6.45) is -0.670. The number of rotatable bonds is 4. The van der Waals surface area contributed by atoms with Crippen molar-refractivity contribution in [3.05, 3.63) is 48.5 Å². The molecule has 0 aliphatic carbocycles. The van der Waals surface area contributed by atoms with E-state index < -0.39 is 18.2 Å². The third-order valence-electron chi connectivity index (χ3n) is 4.56. The van der Waals surface area contributed by atoms with Gasteiger partial charge in [0.05, 0.1) is 6.33 Å². The first-order valence-electron chi connectivity index (χ1n) is 7.98. The summed E-state index contributed by atoms with van der Waals surface area (Å²) < 4.78 is 39.6. The molecule has 1 saturated heterocycles. The molecule has 0 spiro atoms. The third kappa shape index (κ3) is 3.96. The van der Waals surface area contributed by atoms with Gasteiger partial charge < -0.3 is 9.67 Å². The number of aliphatic hydroxyl groups is 1. The molecule has 1 aliphatic rings. The molecule has 0 bridgehead atoms. The van der Waals surface area contributed by atoms with Gasteiger partial charge in [-0.15, -0.1) is 0 Å². The van der Waals surface area contributed by atoms with Gasteiger partial charge >= 0.3 is 6.18 Å². The van der Waals surface area contributed by atoms with E-state index in [1.54, 1.807) is 12.5 Å². The topological polar surface area (TPSA) is 41.3 Å². The van der Waals surface area contributed by atoms with Crippen LogP contribution < -0.4 is 0 Å². The number of imidazole rings is 1. The van der Waals surface area contributed by atoms with Crippen LogP contribution >= 0.6 is 0 Å². The standard InChI is InChI=1S/C17H20F3N3O/c18-17(19,20)16(24)14-5-8-22(9-6-14)11-13-1-3-15(4-2-13)23-10-7-21-12-23/h1-4,7,10,12,14,16,24H,5-6,8-9,11H2. The van der Waals surface area contributed by atoms with Crippen molar-refractivity contribution in [3.8, 4) is 5.69 Å². The Morgan fingerprint density at radius 2 is 1.83 bits per heavy atom. The van der Waals surface area contributed by atoms with Crippen molar-refractivity contribution in [2.24, 2.45) is 5.92 Å². The van der Waals surface area contributed by atoms with Crippen LogP contribution in [0.25, 0.3) is 5.69 Å². The lowest BCUT2D eigenvalue weighted by molar-refractivity contribution is -0.223. The smallest absolute Gasteiger partial charge is 0.383 e. The van der Waals surface area contributed by atoms with Gasteiger partial charge in [-0.05, 0) is 49.5 Å². The number of aliphatic hydroxyl groups excluding tert-OH is 1. The minimum Gasteiger partial charge on any atom is -0.383 e. The lowest BCUT2D eigenvalue weighted by Crippen LogP contribution is -2.43. The van der Waals surface area contributed by atoms with E-state index in [2.05, 4.69) is 9.88 Å². The molecule has 1 unspecified atom stereocenters. The second-order valence-electron chi connectivity index (χ2n) is 6.24. The highest BCUT2D eigenvalue weighted by Crippen LogP contribution is 2.31. The number of piperidine rings is 1. The van der Waals surface area contributed by atoms with Gasteiger partial charge in [0.25, 0.3) is 0 Å². The zero-order valence-electron chi connectivity index (χ0n) is 13.2. The fraction of sp³-hybridized carbons (Fsp3) is 0.471. The molecule has 1 aliphatic heterocycles. The molecule has 4 nitrogen and oxygen atoms in total. The molecule has 2 aromatic rings. The summed E-state index contributed by atoms with van der Waals surface area (Å²) >= 11 is 0. The van der Waals surface area contributed by atoms with E-state index in [4.69, 9.17) is 0 Å². The van der Waals surface area contributed by atoms with Crippen LogP contribution in [0, 0.1) is 5.92 Å².